The van der Waals surface area contributed by atoms with Crippen molar-refractivity contribution in [3.63, 3.8) is 0 Å². The number of anilines is 3. The van der Waals surface area contributed by atoms with E-state index in [-0.39, 0.29) is 0 Å². The molecule has 0 bridgehead atoms. The summed E-state index contributed by atoms with van der Waals surface area (Å²) in [6, 6.07) is 7.15. The summed E-state index contributed by atoms with van der Waals surface area (Å²) in [6.45, 7) is 0. The number of hydrogen-bond acceptors (Lipinski definition) is 3. The molecule has 0 amide bonds. The summed E-state index contributed by atoms with van der Waals surface area (Å²) in [5, 5.41) is 3.81. The molecule has 1 heterocycles. The summed E-state index contributed by atoms with van der Waals surface area (Å²) in [4.78, 5) is 3.98. The first-order valence-electron chi connectivity index (χ1n) is 4.58. The minimum atomic E-state index is 0.623. The molecular weight excluding hydrogens is 289 g/mol. The van der Waals surface area contributed by atoms with Crippen LogP contribution >= 0.6 is 27.5 Å². The van der Waals surface area contributed by atoms with E-state index in [4.69, 9.17) is 17.3 Å². The maximum absolute atomic E-state index is 6.05. The van der Waals surface area contributed by atoms with Gasteiger partial charge in [-0.05, 0) is 40.2 Å². The van der Waals surface area contributed by atoms with E-state index in [0.717, 1.165) is 15.8 Å². The van der Waals surface area contributed by atoms with E-state index in [0.29, 0.717) is 10.7 Å². The first-order chi connectivity index (χ1) is 7.66. The second-order valence-electron chi connectivity index (χ2n) is 3.22. The van der Waals surface area contributed by atoms with Crippen LogP contribution in [0.3, 0.4) is 0 Å². The Hall–Kier alpha value is -1.26. The molecule has 1 aromatic heterocycles. The fourth-order valence-corrected chi connectivity index (χ4v) is 1.77. The minimum absolute atomic E-state index is 0.623. The third-order valence-corrected chi connectivity index (χ3v) is 2.99. The summed E-state index contributed by atoms with van der Waals surface area (Å²) < 4.78 is 0.869. The van der Waals surface area contributed by atoms with E-state index in [9.17, 15) is 0 Å². The first-order valence-corrected chi connectivity index (χ1v) is 5.75. The number of halogens is 2. The summed E-state index contributed by atoms with van der Waals surface area (Å²) in [5.74, 6) is 0. The molecule has 16 heavy (non-hydrogen) atoms. The highest BCUT2D eigenvalue weighted by Gasteiger charge is 2.03. The Morgan fingerprint density at radius 2 is 2.06 bits per heavy atom. The Morgan fingerprint density at radius 3 is 2.81 bits per heavy atom. The van der Waals surface area contributed by atoms with Crippen LogP contribution in [0.4, 0.5) is 17.1 Å². The number of pyridine rings is 1. The van der Waals surface area contributed by atoms with E-state index in [1.807, 2.05) is 6.07 Å². The van der Waals surface area contributed by atoms with Crippen molar-refractivity contribution in [1.29, 1.82) is 0 Å². The van der Waals surface area contributed by atoms with Gasteiger partial charge >= 0.3 is 0 Å². The van der Waals surface area contributed by atoms with Gasteiger partial charge in [0.1, 0.15) is 0 Å². The highest BCUT2D eigenvalue weighted by molar-refractivity contribution is 9.10. The first kappa shape index (κ1) is 11.2. The lowest BCUT2D eigenvalue weighted by Crippen LogP contribution is -1.94. The molecule has 0 saturated heterocycles. The maximum Gasteiger partial charge on any atom is 0.0642 e. The fraction of sp³-hybridized carbons (Fsp3) is 0. The third-order valence-electron chi connectivity index (χ3n) is 2.03. The van der Waals surface area contributed by atoms with Gasteiger partial charge in [0, 0.05) is 18.1 Å². The number of benzene rings is 1. The van der Waals surface area contributed by atoms with Gasteiger partial charge in [-0.25, -0.2) is 0 Å². The van der Waals surface area contributed by atoms with Gasteiger partial charge < -0.3 is 11.1 Å². The molecule has 0 fully saturated rings. The molecule has 2 rings (SSSR count). The molecule has 0 aliphatic rings. The number of hydrogen-bond donors (Lipinski definition) is 2. The van der Waals surface area contributed by atoms with Gasteiger partial charge in [0.25, 0.3) is 0 Å². The van der Waals surface area contributed by atoms with Crippen molar-refractivity contribution in [2.24, 2.45) is 0 Å². The lowest BCUT2D eigenvalue weighted by molar-refractivity contribution is 1.30. The quantitative estimate of drug-likeness (QED) is 0.829. The van der Waals surface area contributed by atoms with Crippen LogP contribution in [-0.4, -0.2) is 4.98 Å². The molecular formula is C11H9BrClN3. The van der Waals surface area contributed by atoms with Crippen molar-refractivity contribution in [3.8, 4) is 0 Å². The van der Waals surface area contributed by atoms with Crippen LogP contribution in [0.2, 0.25) is 5.02 Å². The summed E-state index contributed by atoms with van der Waals surface area (Å²) in [7, 11) is 0. The Labute approximate surface area is 107 Å². The van der Waals surface area contributed by atoms with Crippen LogP contribution in [0.1, 0.15) is 0 Å². The molecule has 3 N–H and O–H groups in total. The Morgan fingerprint density at radius 1 is 1.25 bits per heavy atom. The number of nitrogen functional groups attached to an aromatic ring is 1. The molecule has 5 heteroatoms. The summed E-state index contributed by atoms with van der Waals surface area (Å²) in [5.41, 5.74) is 8.02. The highest BCUT2D eigenvalue weighted by atomic mass is 79.9. The van der Waals surface area contributed by atoms with Crippen molar-refractivity contribution in [3.05, 3.63) is 46.2 Å². The van der Waals surface area contributed by atoms with E-state index in [1.54, 1.807) is 30.6 Å². The molecule has 1 aromatic carbocycles. The third kappa shape index (κ3) is 2.46. The second kappa shape index (κ2) is 4.72. The van der Waals surface area contributed by atoms with Crippen LogP contribution in [0.25, 0.3) is 0 Å². The Bertz CT molecular complexity index is 516. The van der Waals surface area contributed by atoms with Gasteiger partial charge in [0.15, 0.2) is 0 Å². The van der Waals surface area contributed by atoms with E-state index in [2.05, 4.69) is 26.2 Å². The van der Waals surface area contributed by atoms with Crippen molar-refractivity contribution in [2.75, 3.05) is 11.1 Å². The zero-order chi connectivity index (χ0) is 11.5. The average Bonchev–Trinajstić information content (AvgIpc) is 2.27. The number of nitrogens with two attached hydrogens (primary N) is 1. The van der Waals surface area contributed by atoms with Gasteiger partial charge in [0.05, 0.1) is 20.9 Å². The van der Waals surface area contributed by atoms with Crippen LogP contribution in [0, 0.1) is 0 Å². The topological polar surface area (TPSA) is 50.9 Å². The number of rotatable bonds is 2. The fourth-order valence-electron chi connectivity index (χ4n) is 1.26. The predicted octanol–water partition coefficient (Wildman–Crippen LogP) is 3.82. The lowest BCUT2D eigenvalue weighted by Gasteiger charge is -2.10. The molecule has 0 radical (unpaired) electrons. The standard InChI is InChI=1S/C11H9BrClN3/c12-8-6-15-4-3-10(8)16-11-5-7(14)1-2-9(11)13/h1-6H,14H2,(H,15,16). The molecule has 0 spiro atoms. The molecule has 0 aliphatic heterocycles. The zero-order valence-corrected chi connectivity index (χ0v) is 10.6. The van der Waals surface area contributed by atoms with Crippen LogP contribution in [0.15, 0.2) is 41.1 Å². The van der Waals surface area contributed by atoms with E-state index >= 15 is 0 Å². The van der Waals surface area contributed by atoms with Crippen LogP contribution in [0.5, 0.6) is 0 Å². The largest absolute Gasteiger partial charge is 0.399 e. The van der Waals surface area contributed by atoms with Gasteiger partial charge in [-0.1, -0.05) is 11.6 Å². The van der Waals surface area contributed by atoms with Gasteiger partial charge in [-0.3, -0.25) is 4.98 Å². The molecule has 0 saturated carbocycles. The minimum Gasteiger partial charge on any atom is -0.399 e. The number of aromatic nitrogens is 1. The monoisotopic (exact) mass is 297 g/mol. The van der Waals surface area contributed by atoms with Crippen molar-refractivity contribution in [1.82, 2.24) is 4.98 Å². The maximum atomic E-state index is 6.05. The van der Waals surface area contributed by atoms with Crippen LogP contribution in [-0.2, 0) is 0 Å². The van der Waals surface area contributed by atoms with Crippen molar-refractivity contribution < 1.29 is 0 Å². The Balaban J connectivity index is 2.34. The van der Waals surface area contributed by atoms with Gasteiger partial charge in [-0.2, -0.15) is 0 Å². The molecule has 0 aliphatic carbocycles. The summed E-state index contributed by atoms with van der Waals surface area (Å²) in [6.07, 6.45) is 3.41. The van der Waals surface area contributed by atoms with E-state index in [1.165, 1.54) is 0 Å². The van der Waals surface area contributed by atoms with E-state index < -0.39 is 0 Å². The lowest BCUT2D eigenvalue weighted by atomic mass is 10.2. The predicted molar refractivity (Wildman–Crippen MR) is 71.1 cm³/mol. The zero-order valence-electron chi connectivity index (χ0n) is 8.24. The number of nitrogens with zero attached hydrogens (tertiary/aromatic N) is 1. The smallest absolute Gasteiger partial charge is 0.0642 e. The second-order valence-corrected chi connectivity index (χ2v) is 4.48. The summed E-state index contributed by atoms with van der Waals surface area (Å²) >= 11 is 9.45. The SMILES string of the molecule is Nc1ccc(Cl)c(Nc2ccncc2Br)c1. The Kier molecular flexibility index (Phi) is 3.31. The van der Waals surface area contributed by atoms with Gasteiger partial charge in [-0.15, -0.1) is 0 Å². The molecule has 0 atom stereocenters. The highest BCUT2D eigenvalue weighted by Crippen LogP contribution is 2.30. The van der Waals surface area contributed by atoms with Crippen molar-refractivity contribution >= 4 is 44.6 Å². The number of nitrogens with one attached hydrogen (secondary N) is 1. The normalized spacial score (nSPS) is 10.1. The molecule has 0 unspecified atom stereocenters. The molecule has 3 nitrogen and oxygen atoms in total. The average molecular weight is 299 g/mol. The van der Waals surface area contributed by atoms with Crippen LogP contribution < -0.4 is 11.1 Å². The van der Waals surface area contributed by atoms with Crippen molar-refractivity contribution in [2.45, 2.75) is 0 Å². The molecule has 2 aromatic rings. The van der Waals surface area contributed by atoms with Gasteiger partial charge in [0.2, 0.25) is 0 Å². The molecule has 82 valence electrons.